The normalized spacial score (nSPS) is 31.8. The number of hydrogen-bond donors (Lipinski definition) is 0. The van der Waals surface area contributed by atoms with Gasteiger partial charge >= 0.3 is 0 Å². The van der Waals surface area contributed by atoms with Crippen molar-refractivity contribution < 1.29 is 0 Å². The van der Waals surface area contributed by atoms with Crippen LogP contribution in [0.15, 0.2) is 30.3 Å². The Balaban J connectivity index is 1.68. The molecular formula is C16H20N2. The topological polar surface area (TPSA) is 27.0 Å². The molecule has 1 aromatic rings. The molecule has 2 bridgehead atoms. The molecular weight excluding hydrogens is 220 g/mol. The van der Waals surface area contributed by atoms with Crippen molar-refractivity contribution in [2.75, 3.05) is 13.1 Å². The Labute approximate surface area is 109 Å². The first kappa shape index (κ1) is 11.7. The van der Waals surface area contributed by atoms with E-state index >= 15 is 0 Å². The highest BCUT2D eigenvalue weighted by molar-refractivity contribution is 5.15. The lowest BCUT2D eigenvalue weighted by molar-refractivity contribution is 0.0453. The van der Waals surface area contributed by atoms with Gasteiger partial charge in [-0.25, -0.2) is 0 Å². The minimum atomic E-state index is 0.325. The summed E-state index contributed by atoms with van der Waals surface area (Å²) in [5.41, 5.74) is 1.39. The highest BCUT2D eigenvalue weighted by Gasteiger charge is 2.39. The lowest BCUT2D eigenvalue weighted by Crippen LogP contribution is -2.47. The zero-order chi connectivity index (χ0) is 12.4. The lowest BCUT2D eigenvalue weighted by Gasteiger charge is -2.44. The Morgan fingerprint density at radius 3 is 2.39 bits per heavy atom. The fourth-order valence-electron chi connectivity index (χ4n) is 3.72. The van der Waals surface area contributed by atoms with E-state index in [2.05, 4.69) is 41.3 Å². The Bertz CT molecular complexity index is 420. The van der Waals surface area contributed by atoms with Crippen molar-refractivity contribution in [3.05, 3.63) is 35.9 Å². The van der Waals surface area contributed by atoms with Crippen LogP contribution in [0.25, 0.3) is 0 Å². The Morgan fingerprint density at radius 1 is 1.11 bits per heavy atom. The van der Waals surface area contributed by atoms with Crippen molar-refractivity contribution in [2.24, 2.45) is 17.8 Å². The maximum atomic E-state index is 9.30. The van der Waals surface area contributed by atoms with Crippen LogP contribution in [0.3, 0.4) is 0 Å². The predicted molar refractivity (Wildman–Crippen MR) is 71.7 cm³/mol. The van der Waals surface area contributed by atoms with E-state index in [-0.39, 0.29) is 0 Å². The van der Waals surface area contributed by atoms with Crippen LogP contribution in [0.4, 0.5) is 0 Å². The number of likely N-dealkylation sites (tertiary alicyclic amines) is 1. The smallest absolute Gasteiger partial charge is 0.0662 e. The van der Waals surface area contributed by atoms with Gasteiger partial charge in [0.15, 0.2) is 0 Å². The Kier molecular flexibility index (Phi) is 3.34. The zero-order valence-electron chi connectivity index (χ0n) is 10.8. The minimum absolute atomic E-state index is 0.325. The van der Waals surface area contributed by atoms with E-state index in [1.165, 1.54) is 24.8 Å². The number of hydrogen-bond acceptors (Lipinski definition) is 2. The molecule has 0 spiro atoms. The molecule has 1 heterocycles. The van der Waals surface area contributed by atoms with E-state index in [0.29, 0.717) is 17.8 Å². The monoisotopic (exact) mass is 240 g/mol. The molecule has 0 radical (unpaired) electrons. The second-order valence-corrected chi connectivity index (χ2v) is 5.79. The molecule has 2 heteroatoms. The number of nitriles is 1. The van der Waals surface area contributed by atoms with Gasteiger partial charge in [0.2, 0.25) is 0 Å². The van der Waals surface area contributed by atoms with Gasteiger partial charge in [-0.1, -0.05) is 36.8 Å². The summed E-state index contributed by atoms with van der Waals surface area (Å²) >= 11 is 0. The van der Waals surface area contributed by atoms with Crippen molar-refractivity contribution >= 4 is 0 Å². The number of benzene rings is 1. The van der Waals surface area contributed by atoms with E-state index in [4.69, 9.17) is 0 Å². The van der Waals surface area contributed by atoms with Gasteiger partial charge in [-0.3, -0.25) is 4.90 Å². The third kappa shape index (κ3) is 2.28. The van der Waals surface area contributed by atoms with E-state index in [1.54, 1.807) is 0 Å². The van der Waals surface area contributed by atoms with E-state index in [9.17, 15) is 5.26 Å². The first-order valence-electron chi connectivity index (χ1n) is 7.02. The molecule has 3 rings (SSSR count). The molecule has 1 saturated heterocycles. The summed E-state index contributed by atoms with van der Waals surface area (Å²) in [4.78, 5) is 2.55. The first-order valence-corrected chi connectivity index (χ1v) is 7.02. The maximum absolute atomic E-state index is 9.30. The molecule has 0 aromatic heterocycles. The zero-order valence-corrected chi connectivity index (χ0v) is 10.8. The lowest BCUT2D eigenvalue weighted by atomic mass is 9.69. The molecule has 94 valence electrons. The molecule has 3 atom stereocenters. The maximum Gasteiger partial charge on any atom is 0.0662 e. The van der Waals surface area contributed by atoms with Crippen LogP contribution in [-0.2, 0) is 6.54 Å². The molecule has 18 heavy (non-hydrogen) atoms. The SMILES string of the molecule is N#CC1[C@@H]2CCC[C@H]1CN(Cc1ccccc1)C2. The summed E-state index contributed by atoms with van der Waals surface area (Å²) in [6, 6.07) is 13.3. The fraction of sp³-hybridized carbons (Fsp3) is 0.562. The van der Waals surface area contributed by atoms with Crippen molar-refractivity contribution in [1.82, 2.24) is 4.90 Å². The van der Waals surface area contributed by atoms with Crippen LogP contribution < -0.4 is 0 Å². The average Bonchev–Trinajstić information content (AvgIpc) is 2.39. The first-order chi connectivity index (χ1) is 8.86. The number of rotatable bonds is 2. The van der Waals surface area contributed by atoms with Crippen molar-refractivity contribution in [3.8, 4) is 6.07 Å². The van der Waals surface area contributed by atoms with Crippen molar-refractivity contribution in [1.29, 1.82) is 5.26 Å². The van der Waals surface area contributed by atoms with E-state index in [1.807, 2.05) is 0 Å². The summed E-state index contributed by atoms with van der Waals surface area (Å²) in [5.74, 6) is 1.56. The largest absolute Gasteiger partial charge is 0.298 e. The third-order valence-electron chi connectivity index (χ3n) is 4.55. The van der Waals surface area contributed by atoms with E-state index in [0.717, 1.165) is 19.6 Å². The quantitative estimate of drug-likeness (QED) is 0.794. The van der Waals surface area contributed by atoms with Crippen molar-refractivity contribution in [3.63, 3.8) is 0 Å². The average molecular weight is 240 g/mol. The van der Waals surface area contributed by atoms with Gasteiger partial charge < -0.3 is 0 Å². The van der Waals surface area contributed by atoms with Gasteiger partial charge in [0.1, 0.15) is 0 Å². The fourth-order valence-corrected chi connectivity index (χ4v) is 3.72. The molecule has 0 N–H and O–H groups in total. The minimum Gasteiger partial charge on any atom is -0.298 e. The molecule has 0 amide bonds. The van der Waals surface area contributed by atoms with Crippen LogP contribution in [0.5, 0.6) is 0 Å². The van der Waals surface area contributed by atoms with Gasteiger partial charge in [0, 0.05) is 19.6 Å². The van der Waals surface area contributed by atoms with Crippen LogP contribution in [0.2, 0.25) is 0 Å². The molecule has 1 aliphatic carbocycles. The predicted octanol–water partition coefficient (Wildman–Crippen LogP) is 3.06. The van der Waals surface area contributed by atoms with E-state index < -0.39 is 0 Å². The third-order valence-corrected chi connectivity index (χ3v) is 4.55. The highest BCUT2D eigenvalue weighted by atomic mass is 15.1. The molecule has 2 nitrogen and oxygen atoms in total. The Morgan fingerprint density at radius 2 is 1.78 bits per heavy atom. The molecule has 2 fully saturated rings. The molecule has 1 unspecified atom stereocenters. The summed E-state index contributed by atoms with van der Waals surface area (Å²) in [6.45, 7) is 3.28. The molecule has 1 saturated carbocycles. The van der Waals surface area contributed by atoms with Gasteiger partial charge in [0.05, 0.1) is 12.0 Å². The van der Waals surface area contributed by atoms with Crippen LogP contribution >= 0.6 is 0 Å². The summed E-state index contributed by atoms with van der Waals surface area (Å²) in [5, 5.41) is 9.30. The van der Waals surface area contributed by atoms with Crippen molar-refractivity contribution in [2.45, 2.75) is 25.8 Å². The summed E-state index contributed by atoms with van der Waals surface area (Å²) < 4.78 is 0. The number of piperidine rings is 1. The standard InChI is InChI=1S/C16H20N2/c17-9-16-14-7-4-8-15(16)12-18(11-14)10-13-5-2-1-3-6-13/h1-3,5-6,14-16H,4,7-8,10-12H2/t14-,15+,16?. The molecule has 2 aliphatic rings. The molecule has 1 aromatic carbocycles. The van der Waals surface area contributed by atoms with Gasteiger partial charge in [0.25, 0.3) is 0 Å². The summed E-state index contributed by atoms with van der Waals surface area (Å²) in [6.07, 6.45) is 3.83. The molecule has 1 aliphatic heterocycles. The second kappa shape index (κ2) is 5.12. The van der Waals surface area contributed by atoms with Crippen LogP contribution in [0, 0.1) is 29.1 Å². The number of nitrogens with zero attached hydrogens (tertiary/aromatic N) is 2. The Hall–Kier alpha value is -1.33. The highest BCUT2D eigenvalue weighted by Crippen LogP contribution is 2.39. The van der Waals surface area contributed by atoms with Gasteiger partial charge in [-0.2, -0.15) is 5.26 Å². The van der Waals surface area contributed by atoms with Gasteiger partial charge in [-0.05, 0) is 30.2 Å². The summed E-state index contributed by atoms with van der Waals surface area (Å²) in [7, 11) is 0. The van der Waals surface area contributed by atoms with Gasteiger partial charge in [-0.15, -0.1) is 0 Å². The number of fused-ring (bicyclic) bond motifs is 2. The van der Waals surface area contributed by atoms with Crippen LogP contribution in [-0.4, -0.2) is 18.0 Å². The second-order valence-electron chi connectivity index (χ2n) is 5.79. The van der Waals surface area contributed by atoms with Crippen LogP contribution in [0.1, 0.15) is 24.8 Å².